The molecule has 10 unspecified atom stereocenters. The van der Waals surface area contributed by atoms with Crippen molar-refractivity contribution in [2.75, 3.05) is 14.2 Å². The summed E-state index contributed by atoms with van der Waals surface area (Å²) < 4.78 is 39.7. The first-order valence-corrected chi connectivity index (χ1v) is 19.4. The van der Waals surface area contributed by atoms with E-state index in [9.17, 15) is 4.79 Å². The molecule has 0 aromatic rings. The van der Waals surface area contributed by atoms with Crippen molar-refractivity contribution in [2.45, 2.75) is 123 Å². The number of ether oxygens (including phenoxy) is 5. The van der Waals surface area contributed by atoms with Crippen LogP contribution < -0.4 is 0 Å². The molecule has 0 spiro atoms. The molecule has 0 N–H and O–H groups in total. The molecule has 2 fully saturated rings. The molecular weight excluding hydrogens is 470 g/mol. The van der Waals surface area contributed by atoms with E-state index in [-0.39, 0.29) is 54.3 Å². The molecule has 10 atom stereocenters. The highest BCUT2D eigenvalue weighted by atomic mass is 28.4. The highest BCUT2D eigenvalue weighted by Crippen LogP contribution is 2.38. The first-order valence-electron chi connectivity index (χ1n) is 12.5. The number of nitrogens with zero attached hydrogens (tertiary/aromatic N) is 1. The second-order valence-corrected chi connectivity index (χ2v) is 21.2. The van der Waals surface area contributed by atoms with Crippen molar-refractivity contribution in [1.82, 2.24) is 4.57 Å². The molecule has 0 aliphatic carbocycles. The van der Waals surface area contributed by atoms with Gasteiger partial charge in [-0.2, -0.15) is 0 Å². The molecule has 2 saturated heterocycles. The minimum atomic E-state index is -2.09. The summed E-state index contributed by atoms with van der Waals surface area (Å²) in [5, 5.41) is 0. The Kier molecular flexibility index (Phi) is 10.00. The van der Waals surface area contributed by atoms with E-state index in [2.05, 4.69) is 53.1 Å². The van der Waals surface area contributed by atoms with Crippen LogP contribution in [0.3, 0.4) is 0 Å². The molecule has 2 rings (SSSR count). The fourth-order valence-electron chi connectivity index (χ4n) is 5.42. The fraction of sp³-hybridized carbons (Fsp3) is 0.958. The Morgan fingerprint density at radius 3 is 1.76 bits per heavy atom. The molecule has 0 aromatic heterocycles. The van der Waals surface area contributed by atoms with Gasteiger partial charge in [-0.1, -0.05) is 33.5 Å². The zero-order valence-corrected chi connectivity index (χ0v) is 25.6. The van der Waals surface area contributed by atoms with Crippen LogP contribution >= 0.6 is 0 Å². The average molecular weight is 520 g/mol. The molecule has 200 valence electrons. The van der Waals surface area contributed by atoms with Gasteiger partial charge in [-0.25, -0.2) is 0 Å². The van der Waals surface area contributed by atoms with Gasteiger partial charge in [-0.05, 0) is 33.5 Å². The van der Waals surface area contributed by atoms with Crippen LogP contribution in [0.5, 0.6) is 0 Å². The largest absolute Gasteiger partial charge is 0.409 e. The second-order valence-electron chi connectivity index (χ2n) is 11.9. The lowest BCUT2D eigenvalue weighted by Gasteiger charge is -2.54. The zero-order valence-electron chi connectivity index (χ0n) is 23.6. The molecule has 1 amide bonds. The van der Waals surface area contributed by atoms with Gasteiger partial charge in [0.15, 0.2) is 29.1 Å². The minimum Gasteiger partial charge on any atom is -0.409 e. The van der Waals surface area contributed by atoms with Crippen LogP contribution in [-0.2, 0) is 32.9 Å². The molecule has 34 heavy (non-hydrogen) atoms. The molecule has 2 aliphatic rings. The summed E-state index contributed by atoms with van der Waals surface area (Å²) in [5.74, 6) is 0.0953. The van der Waals surface area contributed by atoms with E-state index in [1.807, 2.05) is 18.4 Å². The van der Waals surface area contributed by atoms with E-state index in [1.54, 1.807) is 21.1 Å². The Morgan fingerprint density at radius 2 is 1.32 bits per heavy atom. The molecule has 2 heterocycles. The van der Waals surface area contributed by atoms with E-state index in [1.165, 1.54) is 0 Å². The number of amides is 1. The van der Waals surface area contributed by atoms with Crippen LogP contribution in [-0.4, -0.2) is 90.4 Å². The summed E-state index contributed by atoms with van der Waals surface area (Å²) in [5.41, 5.74) is 0. The number of carbonyl (C=O) groups is 1. The number of rotatable bonds is 8. The lowest BCUT2D eigenvalue weighted by molar-refractivity contribution is -0.326. The van der Waals surface area contributed by atoms with Crippen molar-refractivity contribution in [3.05, 3.63) is 0 Å². The lowest BCUT2D eigenvalue weighted by atomic mass is 9.88. The number of carbonyl (C=O) groups excluding carboxylic acids is 1. The molecular formula is C24H49NO7Si2. The molecule has 0 saturated carbocycles. The van der Waals surface area contributed by atoms with Crippen molar-refractivity contribution in [2.24, 2.45) is 11.8 Å². The summed E-state index contributed by atoms with van der Waals surface area (Å²) in [6.45, 7) is 22.9. The normalized spacial score (nSPS) is 39.7. The third kappa shape index (κ3) is 6.70. The summed E-state index contributed by atoms with van der Waals surface area (Å²) in [6, 6.07) is -0.387. The first kappa shape index (κ1) is 29.9. The van der Waals surface area contributed by atoms with E-state index in [4.69, 9.17) is 28.1 Å². The first-order chi connectivity index (χ1) is 15.5. The van der Waals surface area contributed by atoms with Crippen molar-refractivity contribution in [3.63, 3.8) is 0 Å². The second kappa shape index (κ2) is 11.4. The Morgan fingerprint density at radius 1 is 0.765 bits per heavy atom. The molecule has 10 heteroatoms. The van der Waals surface area contributed by atoms with Gasteiger partial charge in [-0.15, -0.1) is 0 Å². The average Bonchev–Trinajstić information content (AvgIpc) is 2.68. The van der Waals surface area contributed by atoms with Crippen molar-refractivity contribution < 1.29 is 32.9 Å². The van der Waals surface area contributed by atoms with Gasteiger partial charge >= 0.3 is 0 Å². The third-order valence-electron chi connectivity index (χ3n) is 6.98. The van der Waals surface area contributed by atoms with Crippen LogP contribution in [0.15, 0.2) is 0 Å². The summed E-state index contributed by atoms with van der Waals surface area (Å²) in [7, 11) is -0.671. The van der Waals surface area contributed by atoms with Crippen molar-refractivity contribution in [3.8, 4) is 0 Å². The molecule has 2 aliphatic heterocycles. The van der Waals surface area contributed by atoms with Crippen molar-refractivity contribution >= 4 is 22.5 Å². The van der Waals surface area contributed by atoms with Gasteiger partial charge in [0.2, 0.25) is 5.91 Å². The predicted octanol–water partition coefficient (Wildman–Crippen LogP) is 4.07. The molecule has 0 radical (unpaired) electrons. The maximum atomic E-state index is 12.9. The van der Waals surface area contributed by atoms with Gasteiger partial charge in [-0.3, -0.25) is 4.79 Å². The van der Waals surface area contributed by atoms with E-state index >= 15 is 0 Å². The molecule has 0 bridgehead atoms. The Labute approximate surface area is 209 Å². The quantitative estimate of drug-likeness (QED) is 0.448. The Hall–Kier alpha value is -0.336. The summed E-state index contributed by atoms with van der Waals surface area (Å²) >= 11 is 0. The van der Waals surface area contributed by atoms with Gasteiger partial charge in [0.1, 0.15) is 12.1 Å². The van der Waals surface area contributed by atoms with Gasteiger partial charge in [0.25, 0.3) is 0 Å². The molecule has 8 nitrogen and oxygen atoms in total. The number of hydrogen-bond donors (Lipinski definition) is 0. The highest BCUT2D eigenvalue weighted by molar-refractivity contribution is 6.75. The number of methoxy groups -OCH3 is 2. The van der Waals surface area contributed by atoms with Crippen LogP contribution in [0, 0.1) is 11.8 Å². The third-order valence-corrected chi connectivity index (χ3v) is 10.0. The maximum Gasteiger partial charge on any atom is 0.212 e. The summed E-state index contributed by atoms with van der Waals surface area (Å²) in [6.07, 6.45) is -2.16. The van der Waals surface area contributed by atoms with Crippen molar-refractivity contribution in [1.29, 1.82) is 0 Å². The van der Waals surface area contributed by atoms with E-state index < -0.39 is 29.1 Å². The molecule has 0 aromatic carbocycles. The van der Waals surface area contributed by atoms with E-state index in [0.29, 0.717) is 0 Å². The van der Waals surface area contributed by atoms with Gasteiger partial charge < -0.3 is 32.7 Å². The topological polar surface area (TPSA) is 75.7 Å². The smallest absolute Gasteiger partial charge is 0.212 e. The van der Waals surface area contributed by atoms with Crippen LogP contribution in [0.4, 0.5) is 0 Å². The zero-order chi connectivity index (χ0) is 26.2. The van der Waals surface area contributed by atoms with Crippen LogP contribution in [0.2, 0.25) is 39.3 Å². The Bertz CT molecular complexity index is 683. The minimum absolute atomic E-state index is 0.00538. The Balaban J connectivity index is 2.50. The highest BCUT2D eigenvalue weighted by Gasteiger charge is 2.53. The standard InChI is InChI=1S/C24H49NO7Si2/c1-14-16(3)29-23(28-7)19(25(18(5)26)33(8,9)10)21(14)31-24-22(32-34(11,12)13)15(2)20(27-6)17(4)30-24/h14-17,19-24H,1-13H3. The SMILES string of the molecule is COC1OC(C)C(C)C(OC2OC(C)C(OC)C(C)C2O[Si](C)(C)C)C1N(C(C)=O)[Si](C)(C)C. The van der Waals surface area contributed by atoms with Crippen LogP contribution in [0.1, 0.15) is 34.6 Å². The lowest BCUT2D eigenvalue weighted by Crippen LogP contribution is -2.69. The van der Waals surface area contributed by atoms with Gasteiger partial charge in [0, 0.05) is 33.0 Å². The predicted molar refractivity (Wildman–Crippen MR) is 138 cm³/mol. The van der Waals surface area contributed by atoms with E-state index in [0.717, 1.165) is 0 Å². The van der Waals surface area contributed by atoms with Crippen LogP contribution in [0.25, 0.3) is 0 Å². The fourth-order valence-corrected chi connectivity index (χ4v) is 8.67. The van der Waals surface area contributed by atoms with Gasteiger partial charge in [0.05, 0.1) is 24.4 Å². The summed E-state index contributed by atoms with van der Waals surface area (Å²) in [4.78, 5) is 12.9. The number of hydrogen-bond acceptors (Lipinski definition) is 7. The monoisotopic (exact) mass is 519 g/mol. The maximum absolute atomic E-state index is 12.9.